The maximum absolute atomic E-state index is 10.4. The first-order valence-electron chi connectivity index (χ1n) is 7.32. The van der Waals surface area contributed by atoms with E-state index in [9.17, 15) is 9.90 Å². The van der Waals surface area contributed by atoms with E-state index in [1.54, 1.807) is 24.3 Å². The molecule has 3 aromatic carbocycles. The number of aromatic hydroxyl groups is 1. The molecule has 0 aliphatic carbocycles. The van der Waals surface area contributed by atoms with Crippen LogP contribution in [0.4, 0.5) is 0 Å². The first-order chi connectivity index (χ1) is 11.3. The quantitative estimate of drug-likeness (QED) is 0.570. The third-order valence-electron chi connectivity index (χ3n) is 3.76. The van der Waals surface area contributed by atoms with Crippen molar-refractivity contribution >= 4 is 6.47 Å². The van der Waals surface area contributed by atoms with Crippen LogP contribution in [0.2, 0.25) is 0 Å². The van der Waals surface area contributed by atoms with Gasteiger partial charge in [0.15, 0.2) is 0 Å². The van der Waals surface area contributed by atoms with E-state index in [1.165, 1.54) is 0 Å². The van der Waals surface area contributed by atoms with Crippen LogP contribution in [-0.2, 0) is 4.79 Å². The Hall–Kier alpha value is -3.07. The minimum Gasteiger partial charge on any atom is -0.508 e. The molecule has 3 heteroatoms. The van der Waals surface area contributed by atoms with Gasteiger partial charge in [-0.2, -0.15) is 0 Å². The van der Waals surface area contributed by atoms with Crippen molar-refractivity contribution in [2.75, 3.05) is 0 Å². The van der Waals surface area contributed by atoms with Gasteiger partial charge in [0, 0.05) is 5.92 Å². The zero-order valence-corrected chi connectivity index (χ0v) is 12.4. The van der Waals surface area contributed by atoms with Crippen LogP contribution in [0.15, 0.2) is 78.9 Å². The summed E-state index contributed by atoms with van der Waals surface area (Å²) in [5.74, 6) is 0.804. The molecule has 0 aliphatic rings. The lowest BCUT2D eigenvalue weighted by Gasteiger charge is -2.19. The number of hydrogen-bond acceptors (Lipinski definition) is 3. The number of benzene rings is 3. The molecule has 114 valence electrons. The van der Waals surface area contributed by atoms with Crippen LogP contribution in [0.3, 0.4) is 0 Å². The Kier molecular flexibility index (Phi) is 4.39. The smallest absolute Gasteiger partial charge is 0.298 e. The predicted octanol–water partition coefficient (Wildman–Crippen LogP) is 4.11. The molecule has 3 rings (SSSR count). The van der Waals surface area contributed by atoms with Gasteiger partial charge in [-0.15, -0.1) is 0 Å². The molecule has 3 nitrogen and oxygen atoms in total. The molecule has 0 spiro atoms. The highest BCUT2D eigenvalue weighted by atomic mass is 16.5. The second kappa shape index (κ2) is 6.79. The minimum atomic E-state index is 0.0436. The van der Waals surface area contributed by atoms with Crippen LogP contribution in [0.1, 0.15) is 22.6 Å². The highest BCUT2D eigenvalue weighted by molar-refractivity contribution is 5.48. The van der Waals surface area contributed by atoms with Crippen LogP contribution < -0.4 is 4.74 Å². The van der Waals surface area contributed by atoms with Crippen molar-refractivity contribution in [3.05, 3.63) is 95.6 Å². The molecule has 0 bridgehead atoms. The summed E-state index contributed by atoms with van der Waals surface area (Å²) < 4.78 is 4.85. The topological polar surface area (TPSA) is 46.5 Å². The fourth-order valence-corrected chi connectivity index (χ4v) is 2.68. The Morgan fingerprint density at radius 1 is 0.739 bits per heavy atom. The Labute approximate surface area is 134 Å². The van der Waals surface area contributed by atoms with E-state index >= 15 is 0 Å². The number of rotatable bonds is 5. The molecule has 0 radical (unpaired) electrons. The van der Waals surface area contributed by atoms with E-state index in [0.29, 0.717) is 12.2 Å². The number of phenols is 1. The van der Waals surface area contributed by atoms with Gasteiger partial charge in [0.2, 0.25) is 0 Å². The van der Waals surface area contributed by atoms with Gasteiger partial charge in [0.25, 0.3) is 6.47 Å². The number of carbonyl (C=O) groups excluding carboxylic acids is 1. The fraction of sp³-hybridized carbons (Fsp3) is 0.0500. The van der Waals surface area contributed by atoms with E-state index < -0.39 is 0 Å². The number of hydrogen-bond donors (Lipinski definition) is 1. The van der Waals surface area contributed by atoms with Gasteiger partial charge in [0.1, 0.15) is 11.5 Å². The van der Waals surface area contributed by atoms with Crippen molar-refractivity contribution < 1.29 is 14.6 Å². The second-order valence-electron chi connectivity index (χ2n) is 5.22. The molecule has 0 fully saturated rings. The maximum Gasteiger partial charge on any atom is 0.298 e. The molecule has 1 atom stereocenters. The van der Waals surface area contributed by atoms with Crippen LogP contribution in [0.5, 0.6) is 11.5 Å². The van der Waals surface area contributed by atoms with E-state index in [-0.39, 0.29) is 11.7 Å². The SMILES string of the molecule is O=COc1ccc(C(c2ccccc2)c2ccc(O)cc2)cc1. The lowest BCUT2D eigenvalue weighted by atomic mass is 9.85. The van der Waals surface area contributed by atoms with Crippen molar-refractivity contribution in [1.82, 2.24) is 0 Å². The molecule has 0 saturated carbocycles. The highest BCUT2D eigenvalue weighted by Crippen LogP contribution is 2.33. The van der Waals surface area contributed by atoms with Crippen molar-refractivity contribution in [3.8, 4) is 11.5 Å². The Bertz CT molecular complexity index is 762. The molecule has 0 aromatic heterocycles. The van der Waals surface area contributed by atoms with Gasteiger partial charge in [-0.3, -0.25) is 4.79 Å². The normalized spacial score (nSPS) is 11.7. The third kappa shape index (κ3) is 3.40. The number of phenolic OH excluding ortho intramolecular Hbond substituents is 1. The van der Waals surface area contributed by atoms with Gasteiger partial charge in [0.05, 0.1) is 0 Å². The lowest BCUT2D eigenvalue weighted by Crippen LogP contribution is -2.03. The summed E-state index contributed by atoms with van der Waals surface area (Å²) >= 11 is 0. The fourth-order valence-electron chi connectivity index (χ4n) is 2.68. The average Bonchev–Trinajstić information content (AvgIpc) is 2.60. The van der Waals surface area contributed by atoms with Crippen LogP contribution in [0.25, 0.3) is 0 Å². The summed E-state index contributed by atoms with van der Waals surface area (Å²) in [6.07, 6.45) is 0. The van der Waals surface area contributed by atoms with Gasteiger partial charge < -0.3 is 9.84 Å². The van der Waals surface area contributed by atoms with Gasteiger partial charge in [-0.25, -0.2) is 0 Å². The lowest BCUT2D eigenvalue weighted by molar-refractivity contribution is -0.120. The zero-order chi connectivity index (χ0) is 16.1. The molecule has 1 unspecified atom stereocenters. The van der Waals surface area contributed by atoms with E-state index in [0.717, 1.165) is 16.7 Å². The van der Waals surface area contributed by atoms with Crippen molar-refractivity contribution in [2.45, 2.75) is 5.92 Å². The van der Waals surface area contributed by atoms with Crippen molar-refractivity contribution in [2.24, 2.45) is 0 Å². The summed E-state index contributed by atoms with van der Waals surface area (Å²) in [6, 6.07) is 24.8. The van der Waals surface area contributed by atoms with Gasteiger partial charge >= 0.3 is 0 Å². The second-order valence-corrected chi connectivity index (χ2v) is 5.22. The monoisotopic (exact) mass is 304 g/mol. The molecular formula is C20H16O3. The first-order valence-corrected chi connectivity index (χ1v) is 7.32. The van der Waals surface area contributed by atoms with E-state index in [1.807, 2.05) is 42.5 Å². The van der Waals surface area contributed by atoms with Crippen LogP contribution in [-0.4, -0.2) is 11.6 Å². The van der Waals surface area contributed by atoms with Crippen molar-refractivity contribution in [3.63, 3.8) is 0 Å². The van der Waals surface area contributed by atoms with E-state index in [2.05, 4.69) is 12.1 Å². The average molecular weight is 304 g/mol. The maximum atomic E-state index is 10.4. The Morgan fingerprint density at radius 3 is 1.83 bits per heavy atom. The molecule has 0 saturated heterocycles. The molecule has 1 N–H and O–H groups in total. The van der Waals surface area contributed by atoms with Crippen molar-refractivity contribution in [1.29, 1.82) is 0 Å². The van der Waals surface area contributed by atoms with Gasteiger partial charge in [-0.05, 0) is 41.0 Å². The largest absolute Gasteiger partial charge is 0.508 e. The summed E-state index contributed by atoms with van der Waals surface area (Å²) in [7, 11) is 0. The first kappa shape index (κ1) is 14.9. The highest BCUT2D eigenvalue weighted by Gasteiger charge is 2.16. The molecule has 0 aliphatic heterocycles. The number of carbonyl (C=O) groups is 1. The minimum absolute atomic E-state index is 0.0436. The third-order valence-corrected chi connectivity index (χ3v) is 3.76. The molecule has 0 heterocycles. The summed E-state index contributed by atoms with van der Waals surface area (Å²) in [5, 5.41) is 9.53. The standard InChI is InChI=1S/C20H16O3/c21-14-23-19-12-8-17(9-13-19)20(15-4-2-1-3-5-15)16-6-10-18(22)11-7-16/h1-14,20,22H. The zero-order valence-electron chi connectivity index (χ0n) is 12.4. The molecule has 0 amide bonds. The molecule has 3 aromatic rings. The van der Waals surface area contributed by atoms with Gasteiger partial charge in [-0.1, -0.05) is 54.6 Å². The van der Waals surface area contributed by atoms with Crippen LogP contribution >= 0.6 is 0 Å². The predicted molar refractivity (Wildman–Crippen MR) is 88.6 cm³/mol. The van der Waals surface area contributed by atoms with E-state index in [4.69, 9.17) is 4.74 Å². The van der Waals surface area contributed by atoms with Crippen LogP contribution in [0, 0.1) is 0 Å². The Morgan fingerprint density at radius 2 is 1.26 bits per heavy atom. The summed E-state index contributed by atoms with van der Waals surface area (Å²) in [5.41, 5.74) is 3.32. The molecular weight excluding hydrogens is 288 g/mol. The number of ether oxygens (including phenoxy) is 1. The summed E-state index contributed by atoms with van der Waals surface area (Å²) in [4.78, 5) is 10.4. The molecule has 23 heavy (non-hydrogen) atoms. The Balaban J connectivity index is 2.04. The summed E-state index contributed by atoms with van der Waals surface area (Å²) in [6.45, 7) is 0.420.